The standard InChI is InChI=1S/C9H15NO3/c1-6-3-4-8(9(12)13)10(5-6)7(2)11/h6,8H,3-5H2,1-2H3,(H,12,13)/t6-,8+/m1/s1. The number of aliphatic carboxylic acids is 1. The maximum atomic E-state index is 11.1. The van der Waals surface area contributed by atoms with Gasteiger partial charge in [0.25, 0.3) is 0 Å². The third kappa shape index (κ3) is 2.20. The summed E-state index contributed by atoms with van der Waals surface area (Å²) < 4.78 is 0. The SMILES string of the molecule is CC(=O)N1C[C@H](C)CC[C@H]1C(=O)O. The first-order valence-electron chi connectivity index (χ1n) is 4.52. The van der Waals surface area contributed by atoms with Crippen LogP contribution in [0.25, 0.3) is 0 Å². The zero-order valence-electron chi connectivity index (χ0n) is 7.99. The van der Waals surface area contributed by atoms with E-state index in [9.17, 15) is 9.59 Å². The van der Waals surface area contributed by atoms with E-state index in [0.29, 0.717) is 18.9 Å². The molecule has 0 radical (unpaired) electrons. The Morgan fingerprint density at radius 1 is 1.38 bits per heavy atom. The van der Waals surface area contributed by atoms with E-state index in [1.165, 1.54) is 11.8 Å². The van der Waals surface area contributed by atoms with Crippen molar-refractivity contribution in [2.24, 2.45) is 5.92 Å². The first-order chi connectivity index (χ1) is 6.02. The molecule has 4 heteroatoms. The third-order valence-corrected chi connectivity index (χ3v) is 2.51. The lowest BCUT2D eigenvalue weighted by Gasteiger charge is -2.35. The van der Waals surface area contributed by atoms with Crippen LogP contribution in [0.3, 0.4) is 0 Å². The van der Waals surface area contributed by atoms with Crippen LogP contribution in [0.1, 0.15) is 26.7 Å². The second-order valence-electron chi connectivity index (χ2n) is 3.71. The Labute approximate surface area is 77.5 Å². The molecular formula is C9H15NO3. The highest BCUT2D eigenvalue weighted by molar-refractivity contribution is 5.82. The molecule has 0 aromatic rings. The Bertz CT molecular complexity index is 227. The van der Waals surface area contributed by atoms with E-state index in [2.05, 4.69) is 0 Å². The summed E-state index contributed by atoms with van der Waals surface area (Å²) in [5, 5.41) is 8.85. The number of amides is 1. The van der Waals surface area contributed by atoms with E-state index in [0.717, 1.165) is 6.42 Å². The third-order valence-electron chi connectivity index (χ3n) is 2.51. The van der Waals surface area contributed by atoms with E-state index in [-0.39, 0.29) is 5.91 Å². The minimum Gasteiger partial charge on any atom is -0.480 e. The van der Waals surface area contributed by atoms with E-state index < -0.39 is 12.0 Å². The molecule has 2 atom stereocenters. The molecule has 0 saturated carbocycles. The van der Waals surface area contributed by atoms with Gasteiger partial charge in [0, 0.05) is 13.5 Å². The molecule has 0 aliphatic carbocycles. The normalized spacial score (nSPS) is 28.6. The first kappa shape index (κ1) is 10.0. The fourth-order valence-corrected chi connectivity index (χ4v) is 1.76. The van der Waals surface area contributed by atoms with Gasteiger partial charge in [-0.25, -0.2) is 4.79 Å². The molecule has 1 heterocycles. The number of carbonyl (C=O) groups is 2. The van der Waals surface area contributed by atoms with E-state index in [1.807, 2.05) is 6.92 Å². The second kappa shape index (κ2) is 3.77. The zero-order chi connectivity index (χ0) is 10.0. The summed E-state index contributed by atoms with van der Waals surface area (Å²) in [4.78, 5) is 23.4. The second-order valence-corrected chi connectivity index (χ2v) is 3.71. The van der Waals surface area contributed by atoms with Crippen LogP contribution in [0.2, 0.25) is 0 Å². The van der Waals surface area contributed by atoms with Crippen molar-refractivity contribution in [1.82, 2.24) is 4.90 Å². The minimum absolute atomic E-state index is 0.140. The van der Waals surface area contributed by atoms with Gasteiger partial charge in [0.1, 0.15) is 6.04 Å². The highest BCUT2D eigenvalue weighted by atomic mass is 16.4. The molecule has 1 aliphatic rings. The fourth-order valence-electron chi connectivity index (χ4n) is 1.76. The average molecular weight is 185 g/mol. The maximum absolute atomic E-state index is 11.1. The molecule has 1 fully saturated rings. The van der Waals surface area contributed by atoms with Gasteiger partial charge in [0.15, 0.2) is 0 Å². The molecule has 1 N–H and O–H groups in total. The van der Waals surface area contributed by atoms with Crippen molar-refractivity contribution in [2.45, 2.75) is 32.7 Å². The topological polar surface area (TPSA) is 57.6 Å². The van der Waals surface area contributed by atoms with Crippen molar-refractivity contribution in [3.63, 3.8) is 0 Å². The Balaban J connectivity index is 2.72. The molecule has 4 nitrogen and oxygen atoms in total. The quantitative estimate of drug-likeness (QED) is 0.654. The van der Waals surface area contributed by atoms with Gasteiger partial charge in [-0.1, -0.05) is 6.92 Å². The molecule has 0 unspecified atom stereocenters. The number of rotatable bonds is 1. The number of carboxylic acids is 1. The summed E-state index contributed by atoms with van der Waals surface area (Å²) in [7, 11) is 0. The van der Waals surface area contributed by atoms with Crippen molar-refractivity contribution < 1.29 is 14.7 Å². The Morgan fingerprint density at radius 3 is 2.46 bits per heavy atom. The van der Waals surface area contributed by atoms with Gasteiger partial charge in [-0.15, -0.1) is 0 Å². The molecule has 1 amide bonds. The van der Waals surface area contributed by atoms with Crippen LogP contribution in [-0.2, 0) is 9.59 Å². The van der Waals surface area contributed by atoms with E-state index in [4.69, 9.17) is 5.11 Å². The summed E-state index contributed by atoms with van der Waals surface area (Å²) >= 11 is 0. The number of hydrogen-bond donors (Lipinski definition) is 1. The molecule has 1 aliphatic heterocycles. The highest BCUT2D eigenvalue weighted by Gasteiger charge is 2.32. The molecule has 0 spiro atoms. The number of carbonyl (C=O) groups excluding carboxylic acids is 1. The predicted octanol–water partition coefficient (Wildman–Crippen LogP) is 0.718. The van der Waals surface area contributed by atoms with Crippen LogP contribution in [0.4, 0.5) is 0 Å². The van der Waals surface area contributed by atoms with Crippen LogP contribution in [0, 0.1) is 5.92 Å². The molecule has 74 valence electrons. The maximum Gasteiger partial charge on any atom is 0.326 e. The lowest BCUT2D eigenvalue weighted by Crippen LogP contribution is -2.49. The summed E-state index contributed by atoms with van der Waals surface area (Å²) in [6.07, 6.45) is 1.47. The van der Waals surface area contributed by atoms with Crippen molar-refractivity contribution in [2.75, 3.05) is 6.54 Å². The molecule has 13 heavy (non-hydrogen) atoms. The number of carboxylic acid groups (broad SMARTS) is 1. The summed E-state index contributed by atoms with van der Waals surface area (Å²) in [5.74, 6) is -0.611. The molecule has 0 bridgehead atoms. The molecular weight excluding hydrogens is 170 g/mol. The van der Waals surface area contributed by atoms with Gasteiger partial charge in [0.05, 0.1) is 0 Å². The van der Waals surface area contributed by atoms with E-state index in [1.54, 1.807) is 0 Å². The van der Waals surface area contributed by atoms with Gasteiger partial charge in [-0.05, 0) is 18.8 Å². The first-order valence-corrected chi connectivity index (χ1v) is 4.52. The largest absolute Gasteiger partial charge is 0.480 e. The van der Waals surface area contributed by atoms with E-state index >= 15 is 0 Å². The smallest absolute Gasteiger partial charge is 0.326 e. The van der Waals surface area contributed by atoms with Crippen molar-refractivity contribution >= 4 is 11.9 Å². The van der Waals surface area contributed by atoms with Crippen LogP contribution in [-0.4, -0.2) is 34.5 Å². The van der Waals surface area contributed by atoms with Crippen LogP contribution >= 0.6 is 0 Å². The average Bonchev–Trinajstić information content (AvgIpc) is 2.03. The van der Waals surface area contributed by atoms with Crippen molar-refractivity contribution in [1.29, 1.82) is 0 Å². The van der Waals surface area contributed by atoms with Gasteiger partial charge in [-0.2, -0.15) is 0 Å². The summed E-state index contributed by atoms with van der Waals surface area (Å²) in [6.45, 7) is 4.04. The number of hydrogen-bond acceptors (Lipinski definition) is 2. The van der Waals surface area contributed by atoms with Crippen molar-refractivity contribution in [3.8, 4) is 0 Å². The lowest BCUT2D eigenvalue weighted by molar-refractivity contribution is -0.152. The van der Waals surface area contributed by atoms with Crippen molar-refractivity contribution in [3.05, 3.63) is 0 Å². The van der Waals surface area contributed by atoms with Gasteiger partial charge in [-0.3, -0.25) is 4.79 Å². The van der Waals surface area contributed by atoms with Crippen LogP contribution in [0.5, 0.6) is 0 Å². The van der Waals surface area contributed by atoms with Gasteiger partial charge >= 0.3 is 5.97 Å². The Morgan fingerprint density at radius 2 is 2.00 bits per heavy atom. The summed E-state index contributed by atoms with van der Waals surface area (Å²) in [6, 6.07) is -0.603. The highest BCUT2D eigenvalue weighted by Crippen LogP contribution is 2.21. The molecule has 0 aromatic heterocycles. The Hall–Kier alpha value is -1.06. The Kier molecular flexibility index (Phi) is 2.90. The molecule has 1 rings (SSSR count). The lowest BCUT2D eigenvalue weighted by atomic mass is 9.94. The number of piperidine rings is 1. The van der Waals surface area contributed by atoms with Gasteiger partial charge in [0.2, 0.25) is 5.91 Å². The summed E-state index contributed by atoms with van der Waals surface area (Å²) in [5.41, 5.74) is 0. The minimum atomic E-state index is -0.887. The zero-order valence-corrected chi connectivity index (χ0v) is 7.99. The monoisotopic (exact) mass is 185 g/mol. The van der Waals surface area contributed by atoms with Gasteiger partial charge < -0.3 is 10.0 Å². The predicted molar refractivity (Wildman–Crippen MR) is 47.2 cm³/mol. The fraction of sp³-hybridized carbons (Fsp3) is 0.778. The number of nitrogens with zero attached hydrogens (tertiary/aromatic N) is 1. The van der Waals surface area contributed by atoms with Crippen LogP contribution < -0.4 is 0 Å². The molecule has 1 saturated heterocycles. The number of likely N-dealkylation sites (tertiary alicyclic amines) is 1. The van der Waals surface area contributed by atoms with Crippen LogP contribution in [0.15, 0.2) is 0 Å². The molecule has 0 aromatic carbocycles.